The van der Waals surface area contributed by atoms with Gasteiger partial charge in [-0.2, -0.15) is 0 Å². The zero-order chi connectivity index (χ0) is 35.0. The standard InChI is InChI=1S/C35H59N3O11/c1-4-44-22-26(2)23-45-24-27-7-10-29(11-8-27)34-31(39)20-37(35(40)47-16-6-17-49-38(41)42)21-33(34)48-25-28-9-12-32-30(19-28)36(14-18-46-32)13-5-15-43-3/h7-8,10-11,26,28,30-34,39,41-42H,4-6,9,12-25H2,1-3H3. The largest absolute Gasteiger partial charge is 0.449 e. The Kier molecular flexibility index (Phi) is 17.4. The summed E-state index contributed by atoms with van der Waals surface area (Å²) in [6.45, 7) is 10.8. The van der Waals surface area contributed by atoms with Crippen LogP contribution in [0.15, 0.2) is 24.3 Å². The summed E-state index contributed by atoms with van der Waals surface area (Å²) in [5.74, 6) is 0.303. The average Bonchev–Trinajstić information content (AvgIpc) is 3.10. The van der Waals surface area contributed by atoms with Crippen LogP contribution in [0, 0.1) is 11.8 Å². The van der Waals surface area contributed by atoms with Crippen LogP contribution in [0.4, 0.5) is 4.79 Å². The summed E-state index contributed by atoms with van der Waals surface area (Å²) in [5.41, 5.74) is 1.98. The number of methoxy groups -OCH3 is 1. The molecule has 1 amide bonds. The molecule has 2 aliphatic heterocycles. The van der Waals surface area contributed by atoms with E-state index >= 15 is 0 Å². The molecule has 0 spiro atoms. The summed E-state index contributed by atoms with van der Waals surface area (Å²) < 4.78 is 34.9. The number of hydrogen-bond acceptors (Lipinski definition) is 13. The molecule has 3 aliphatic rings. The Bertz CT molecular complexity index is 1070. The predicted octanol–water partition coefficient (Wildman–Crippen LogP) is 3.47. The number of aliphatic hydroxyl groups excluding tert-OH is 1. The molecule has 14 heteroatoms. The number of fused-ring (bicyclic) bond motifs is 1. The fourth-order valence-corrected chi connectivity index (χ4v) is 7.14. The fraction of sp³-hybridized carbons (Fsp3) is 0.800. The van der Waals surface area contributed by atoms with Crippen molar-refractivity contribution in [1.29, 1.82) is 0 Å². The van der Waals surface area contributed by atoms with Crippen LogP contribution < -0.4 is 0 Å². The van der Waals surface area contributed by atoms with Crippen molar-refractivity contribution in [3.05, 3.63) is 35.4 Å². The molecular formula is C35H59N3O11. The van der Waals surface area contributed by atoms with Crippen LogP contribution in [0.3, 0.4) is 0 Å². The molecule has 0 radical (unpaired) electrons. The highest BCUT2D eigenvalue weighted by Gasteiger charge is 2.42. The number of aliphatic hydroxyl groups is 1. The number of benzene rings is 1. The minimum absolute atomic E-state index is 0.0236. The van der Waals surface area contributed by atoms with Gasteiger partial charge in [-0.15, -0.1) is 0 Å². The van der Waals surface area contributed by atoms with E-state index in [0.717, 1.165) is 63.1 Å². The van der Waals surface area contributed by atoms with Crippen molar-refractivity contribution in [2.75, 3.05) is 86.1 Å². The average molecular weight is 698 g/mol. The van der Waals surface area contributed by atoms with Crippen LogP contribution in [0.25, 0.3) is 0 Å². The number of β-amino-alcohol motifs (C(OH)–C–C–N with tert-alkyl or cyclic N) is 1. The van der Waals surface area contributed by atoms with Crippen molar-refractivity contribution in [2.45, 2.75) is 82.8 Å². The first-order valence-corrected chi connectivity index (χ1v) is 17.9. The summed E-state index contributed by atoms with van der Waals surface area (Å²) in [4.78, 5) is 21.6. The third kappa shape index (κ3) is 13.0. The van der Waals surface area contributed by atoms with E-state index in [1.54, 1.807) is 7.11 Å². The highest BCUT2D eigenvalue weighted by Crippen LogP contribution is 2.36. The van der Waals surface area contributed by atoms with Gasteiger partial charge in [-0.3, -0.25) is 20.2 Å². The summed E-state index contributed by atoms with van der Waals surface area (Å²) >= 11 is 0. The first kappa shape index (κ1) is 39.8. The number of morpholine rings is 1. The summed E-state index contributed by atoms with van der Waals surface area (Å²) in [6.07, 6.45) is 2.57. The molecule has 3 N–H and O–H groups in total. The number of ether oxygens (including phenoxy) is 6. The Morgan fingerprint density at radius 1 is 1.06 bits per heavy atom. The Morgan fingerprint density at radius 2 is 1.86 bits per heavy atom. The lowest BCUT2D eigenvalue weighted by Gasteiger charge is -2.46. The molecule has 7 unspecified atom stereocenters. The van der Waals surface area contributed by atoms with E-state index in [9.17, 15) is 9.90 Å². The molecule has 2 saturated heterocycles. The zero-order valence-electron chi connectivity index (χ0n) is 29.5. The summed E-state index contributed by atoms with van der Waals surface area (Å²) in [7, 11) is 1.74. The van der Waals surface area contributed by atoms with E-state index in [1.165, 1.54) is 4.90 Å². The maximum absolute atomic E-state index is 13.0. The Balaban J connectivity index is 1.38. The number of piperidine rings is 1. The molecule has 1 saturated carbocycles. The third-order valence-corrected chi connectivity index (χ3v) is 9.63. The predicted molar refractivity (Wildman–Crippen MR) is 178 cm³/mol. The minimum Gasteiger partial charge on any atom is -0.449 e. The monoisotopic (exact) mass is 697 g/mol. The van der Waals surface area contributed by atoms with Crippen LogP contribution in [-0.4, -0.2) is 147 Å². The number of nitrogens with zero attached hydrogens (tertiary/aromatic N) is 3. The second-order valence-corrected chi connectivity index (χ2v) is 13.5. The van der Waals surface area contributed by atoms with Gasteiger partial charge in [0.15, 0.2) is 0 Å². The molecule has 1 aromatic rings. The van der Waals surface area contributed by atoms with E-state index in [-0.39, 0.29) is 50.1 Å². The fourth-order valence-electron chi connectivity index (χ4n) is 7.14. The minimum atomic E-state index is -0.868. The van der Waals surface area contributed by atoms with Gasteiger partial charge in [0.25, 0.3) is 0 Å². The molecule has 0 aromatic heterocycles. The second kappa shape index (κ2) is 21.4. The molecule has 2 heterocycles. The third-order valence-electron chi connectivity index (χ3n) is 9.63. The SMILES string of the molecule is CCOCC(C)COCc1ccc(C2C(O)CN(C(=O)OCCCON(O)O)CC2OCC2CCC3OCCN(CCCOC)C3C2)cc1. The van der Waals surface area contributed by atoms with Crippen LogP contribution in [0.5, 0.6) is 0 Å². The van der Waals surface area contributed by atoms with Gasteiger partial charge >= 0.3 is 6.09 Å². The molecule has 3 fully saturated rings. The first-order chi connectivity index (χ1) is 23.8. The van der Waals surface area contributed by atoms with Crippen LogP contribution in [0.1, 0.15) is 63.0 Å². The molecule has 1 aromatic carbocycles. The lowest BCUT2D eigenvalue weighted by molar-refractivity contribution is -0.492. The van der Waals surface area contributed by atoms with E-state index < -0.39 is 18.3 Å². The highest BCUT2D eigenvalue weighted by atomic mass is 17.1. The first-order valence-electron chi connectivity index (χ1n) is 17.9. The second-order valence-electron chi connectivity index (χ2n) is 13.5. The number of likely N-dealkylation sites (tertiary alicyclic amines) is 1. The molecule has 4 rings (SSSR count). The number of rotatable bonds is 20. The Hall–Kier alpha value is -1.95. The molecule has 1 aliphatic carbocycles. The number of carbonyl (C=O) groups is 1. The lowest BCUT2D eigenvalue weighted by Crippen LogP contribution is -2.55. The molecule has 14 nitrogen and oxygen atoms in total. The van der Waals surface area contributed by atoms with Gasteiger partial charge < -0.3 is 38.4 Å². The Morgan fingerprint density at radius 3 is 2.61 bits per heavy atom. The van der Waals surface area contributed by atoms with E-state index in [4.69, 9.17) is 38.8 Å². The van der Waals surface area contributed by atoms with Gasteiger partial charge in [0, 0.05) is 64.3 Å². The molecule has 280 valence electrons. The van der Waals surface area contributed by atoms with Gasteiger partial charge in [0.2, 0.25) is 0 Å². The maximum Gasteiger partial charge on any atom is 0.409 e. The van der Waals surface area contributed by atoms with E-state index in [0.29, 0.717) is 50.9 Å². The van der Waals surface area contributed by atoms with Crippen molar-refractivity contribution < 1.29 is 53.6 Å². The van der Waals surface area contributed by atoms with Crippen molar-refractivity contribution >= 4 is 6.09 Å². The molecule has 0 bridgehead atoms. The maximum atomic E-state index is 13.0. The highest BCUT2D eigenvalue weighted by molar-refractivity contribution is 5.68. The Labute approximate surface area is 290 Å². The quantitative estimate of drug-likeness (QED) is 0.135. The van der Waals surface area contributed by atoms with Gasteiger partial charge in [-0.05, 0) is 49.7 Å². The van der Waals surface area contributed by atoms with E-state index in [2.05, 4.69) is 16.7 Å². The van der Waals surface area contributed by atoms with Crippen LogP contribution in [0.2, 0.25) is 0 Å². The topological polar surface area (TPSA) is 152 Å². The number of carbonyl (C=O) groups excluding carboxylic acids is 1. The van der Waals surface area contributed by atoms with E-state index in [1.807, 2.05) is 31.2 Å². The lowest BCUT2D eigenvalue weighted by atomic mass is 9.82. The molecule has 49 heavy (non-hydrogen) atoms. The van der Waals surface area contributed by atoms with Crippen molar-refractivity contribution in [3.8, 4) is 0 Å². The number of hydrogen-bond donors (Lipinski definition) is 3. The van der Waals surface area contributed by atoms with Crippen molar-refractivity contribution in [2.24, 2.45) is 11.8 Å². The molecular weight excluding hydrogens is 638 g/mol. The number of amides is 1. The van der Waals surface area contributed by atoms with Crippen molar-refractivity contribution in [1.82, 2.24) is 15.2 Å². The van der Waals surface area contributed by atoms with Crippen LogP contribution >= 0.6 is 0 Å². The van der Waals surface area contributed by atoms with Gasteiger partial charge in [0.05, 0.1) is 76.4 Å². The smallest absolute Gasteiger partial charge is 0.409 e. The van der Waals surface area contributed by atoms with Crippen molar-refractivity contribution in [3.63, 3.8) is 0 Å². The van der Waals surface area contributed by atoms with Gasteiger partial charge in [0.1, 0.15) is 0 Å². The van der Waals surface area contributed by atoms with Crippen LogP contribution in [-0.2, 0) is 39.9 Å². The normalized spacial score (nSPS) is 26.9. The molecule has 7 atom stereocenters. The van der Waals surface area contributed by atoms with Gasteiger partial charge in [-0.25, -0.2) is 4.79 Å². The zero-order valence-corrected chi connectivity index (χ0v) is 29.5. The van der Waals surface area contributed by atoms with Gasteiger partial charge in [-0.1, -0.05) is 31.2 Å². The summed E-state index contributed by atoms with van der Waals surface area (Å²) in [6, 6.07) is 8.44. The summed E-state index contributed by atoms with van der Waals surface area (Å²) in [5, 5.41) is 28.5.